The van der Waals surface area contributed by atoms with Crippen molar-refractivity contribution in [3.63, 3.8) is 0 Å². The predicted molar refractivity (Wildman–Crippen MR) is 87.8 cm³/mol. The molecule has 0 aliphatic heterocycles. The molecule has 0 unspecified atom stereocenters. The van der Waals surface area contributed by atoms with E-state index in [0.717, 1.165) is 10.6 Å². The summed E-state index contributed by atoms with van der Waals surface area (Å²) in [6.45, 7) is 3.70. The van der Waals surface area contributed by atoms with E-state index in [-0.39, 0.29) is 30.1 Å². The van der Waals surface area contributed by atoms with Crippen LogP contribution in [0, 0.1) is 0 Å². The number of amides is 1. The summed E-state index contributed by atoms with van der Waals surface area (Å²) in [7, 11) is -2.46. The van der Waals surface area contributed by atoms with Crippen LogP contribution in [-0.2, 0) is 19.6 Å². The number of esters is 1. The molecule has 0 saturated heterocycles. The van der Waals surface area contributed by atoms with Crippen LogP contribution in [0.25, 0.3) is 0 Å². The molecule has 0 fully saturated rings. The molecule has 0 aliphatic carbocycles. The van der Waals surface area contributed by atoms with Gasteiger partial charge in [0.05, 0.1) is 24.6 Å². The number of methoxy groups -OCH3 is 1. The van der Waals surface area contributed by atoms with Crippen molar-refractivity contribution in [3.8, 4) is 0 Å². The third-order valence-electron chi connectivity index (χ3n) is 2.96. The number of nitrogens with zero attached hydrogens (tertiary/aromatic N) is 1. The molecule has 0 atom stereocenters. The smallest absolute Gasteiger partial charge is 0.340 e. The summed E-state index contributed by atoms with van der Waals surface area (Å²) in [6.07, 6.45) is 2.50. The number of hydrogen-bond acceptors (Lipinski definition) is 5. The molecule has 1 amide bonds. The van der Waals surface area contributed by atoms with Crippen molar-refractivity contribution in [2.75, 3.05) is 30.8 Å². The van der Waals surface area contributed by atoms with Crippen molar-refractivity contribution in [2.24, 2.45) is 0 Å². The average molecular weight is 340 g/mol. The number of ether oxygens (including phenoxy) is 1. The molecule has 1 N–H and O–H groups in total. The average Bonchev–Trinajstić information content (AvgIpc) is 2.51. The van der Waals surface area contributed by atoms with Crippen molar-refractivity contribution < 1.29 is 22.7 Å². The first-order valence-electron chi connectivity index (χ1n) is 6.84. The van der Waals surface area contributed by atoms with Gasteiger partial charge in [-0.2, -0.15) is 0 Å². The van der Waals surface area contributed by atoms with E-state index in [0.29, 0.717) is 6.54 Å². The highest BCUT2D eigenvalue weighted by Gasteiger charge is 2.23. The van der Waals surface area contributed by atoms with Crippen molar-refractivity contribution in [2.45, 2.75) is 6.42 Å². The molecule has 1 aromatic rings. The second kappa shape index (κ2) is 8.33. The molecule has 8 heteroatoms. The maximum absolute atomic E-state index is 12.0. The lowest BCUT2D eigenvalue weighted by Crippen LogP contribution is -2.35. The Balaban J connectivity index is 3.07. The second-order valence-electron chi connectivity index (χ2n) is 4.69. The van der Waals surface area contributed by atoms with E-state index in [1.807, 2.05) is 0 Å². The van der Waals surface area contributed by atoms with E-state index in [1.165, 1.54) is 25.3 Å². The van der Waals surface area contributed by atoms with E-state index in [4.69, 9.17) is 0 Å². The highest BCUT2D eigenvalue weighted by molar-refractivity contribution is 7.92. The molecule has 1 rings (SSSR count). The number of hydrogen-bond donors (Lipinski definition) is 1. The van der Waals surface area contributed by atoms with E-state index in [1.54, 1.807) is 12.1 Å². The van der Waals surface area contributed by atoms with Crippen molar-refractivity contribution in [1.82, 2.24) is 5.32 Å². The van der Waals surface area contributed by atoms with Crippen LogP contribution in [0.2, 0.25) is 0 Å². The Morgan fingerprint density at radius 1 is 1.35 bits per heavy atom. The zero-order chi connectivity index (χ0) is 17.5. The SMILES string of the molecule is C=CCNC(=O)CCN(c1ccccc1C(=O)OC)S(C)(=O)=O. The van der Waals surface area contributed by atoms with Gasteiger partial charge in [0.25, 0.3) is 0 Å². The van der Waals surface area contributed by atoms with Crippen LogP contribution in [0.5, 0.6) is 0 Å². The third kappa shape index (κ3) is 5.41. The fraction of sp³-hybridized carbons (Fsp3) is 0.333. The molecular weight excluding hydrogens is 320 g/mol. The first-order valence-corrected chi connectivity index (χ1v) is 8.68. The van der Waals surface area contributed by atoms with Crippen LogP contribution < -0.4 is 9.62 Å². The Hall–Kier alpha value is -2.35. The molecule has 7 nitrogen and oxygen atoms in total. The Kier molecular flexibility index (Phi) is 6.77. The van der Waals surface area contributed by atoms with Crippen LogP contribution in [0.15, 0.2) is 36.9 Å². The van der Waals surface area contributed by atoms with Crippen LogP contribution in [0.4, 0.5) is 5.69 Å². The fourth-order valence-electron chi connectivity index (χ4n) is 1.92. The maximum Gasteiger partial charge on any atom is 0.340 e. The summed E-state index contributed by atoms with van der Waals surface area (Å²) in [5, 5.41) is 2.57. The Bertz CT molecular complexity index is 685. The fourth-order valence-corrected chi connectivity index (χ4v) is 2.86. The zero-order valence-corrected chi connectivity index (χ0v) is 13.9. The molecule has 0 aliphatic rings. The lowest BCUT2D eigenvalue weighted by Gasteiger charge is -2.24. The van der Waals surface area contributed by atoms with Gasteiger partial charge in [0.2, 0.25) is 15.9 Å². The molecule has 0 radical (unpaired) electrons. The minimum Gasteiger partial charge on any atom is -0.465 e. The number of nitrogens with one attached hydrogen (secondary N) is 1. The minimum absolute atomic E-state index is 0.0452. The highest BCUT2D eigenvalue weighted by atomic mass is 32.2. The normalized spacial score (nSPS) is 10.7. The van der Waals surface area contributed by atoms with E-state index in [2.05, 4.69) is 16.6 Å². The van der Waals surface area contributed by atoms with Gasteiger partial charge in [0.1, 0.15) is 0 Å². The monoisotopic (exact) mass is 340 g/mol. The molecule has 1 aromatic carbocycles. The molecule has 126 valence electrons. The summed E-state index contributed by atoms with van der Waals surface area (Å²) in [5.41, 5.74) is 0.297. The molecule has 0 heterocycles. The Labute approximate surface area is 136 Å². The van der Waals surface area contributed by atoms with Crippen LogP contribution >= 0.6 is 0 Å². The van der Waals surface area contributed by atoms with Gasteiger partial charge < -0.3 is 10.1 Å². The number of para-hydroxylation sites is 1. The summed E-state index contributed by atoms with van der Waals surface area (Å²) in [6, 6.07) is 6.18. The number of sulfonamides is 1. The highest BCUT2D eigenvalue weighted by Crippen LogP contribution is 2.23. The van der Waals surface area contributed by atoms with E-state index < -0.39 is 16.0 Å². The van der Waals surface area contributed by atoms with Gasteiger partial charge in [-0.25, -0.2) is 13.2 Å². The topological polar surface area (TPSA) is 92.8 Å². The number of rotatable bonds is 8. The molecular formula is C15H20N2O5S. The van der Waals surface area contributed by atoms with Gasteiger partial charge >= 0.3 is 5.97 Å². The van der Waals surface area contributed by atoms with Crippen molar-refractivity contribution >= 4 is 27.6 Å². The standard InChI is InChI=1S/C15H20N2O5S/c1-4-10-16-14(18)9-11-17(23(3,20)21)13-8-6-5-7-12(13)15(19)22-2/h4-8H,1,9-11H2,2-3H3,(H,16,18). The quantitative estimate of drug-likeness (QED) is 0.561. The largest absolute Gasteiger partial charge is 0.465 e. The summed E-state index contributed by atoms with van der Waals surface area (Å²) < 4.78 is 29.8. The first kappa shape index (κ1) is 18.7. The molecule has 0 aromatic heterocycles. The number of anilines is 1. The van der Waals surface area contributed by atoms with Gasteiger partial charge in [0.15, 0.2) is 0 Å². The maximum atomic E-state index is 12.0. The van der Waals surface area contributed by atoms with E-state index >= 15 is 0 Å². The lowest BCUT2D eigenvalue weighted by molar-refractivity contribution is -0.120. The third-order valence-corrected chi connectivity index (χ3v) is 4.14. The van der Waals surface area contributed by atoms with Crippen molar-refractivity contribution in [1.29, 1.82) is 0 Å². The number of benzene rings is 1. The molecule has 0 spiro atoms. The molecule has 0 saturated carbocycles. The second-order valence-corrected chi connectivity index (χ2v) is 6.59. The van der Waals surface area contributed by atoms with Crippen LogP contribution in [0.1, 0.15) is 16.8 Å². The summed E-state index contributed by atoms with van der Waals surface area (Å²) >= 11 is 0. The van der Waals surface area contributed by atoms with Gasteiger partial charge in [-0.3, -0.25) is 9.10 Å². The number of carbonyl (C=O) groups excluding carboxylic acids is 2. The summed E-state index contributed by atoms with van der Waals surface area (Å²) in [5.74, 6) is -0.959. The first-order chi connectivity index (χ1) is 10.8. The van der Waals surface area contributed by atoms with Gasteiger partial charge in [-0.1, -0.05) is 18.2 Å². The predicted octanol–water partition coefficient (Wildman–Crippen LogP) is 0.931. The van der Waals surface area contributed by atoms with Crippen LogP contribution in [-0.4, -0.2) is 46.7 Å². The van der Waals surface area contributed by atoms with Gasteiger partial charge in [0, 0.05) is 19.5 Å². The van der Waals surface area contributed by atoms with E-state index in [9.17, 15) is 18.0 Å². The lowest BCUT2D eigenvalue weighted by atomic mass is 10.1. The molecule has 23 heavy (non-hydrogen) atoms. The van der Waals surface area contributed by atoms with Crippen molar-refractivity contribution in [3.05, 3.63) is 42.5 Å². The Morgan fingerprint density at radius 2 is 2.00 bits per heavy atom. The molecule has 0 bridgehead atoms. The minimum atomic E-state index is -3.67. The Morgan fingerprint density at radius 3 is 2.57 bits per heavy atom. The van der Waals surface area contributed by atoms with Crippen LogP contribution in [0.3, 0.4) is 0 Å². The van der Waals surface area contributed by atoms with Gasteiger partial charge in [-0.05, 0) is 12.1 Å². The zero-order valence-electron chi connectivity index (χ0n) is 13.1. The summed E-state index contributed by atoms with van der Waals surface area (Å²) in [4.78, 5) is 23.5. The number of carbonyl (C=O) groups is 2. The van der Waals surface area contributed by atoms with Gasteiger partial charge in [-0.15, -0.1) is 6.58 Å².